The number of carbonyl (C=O) groups is 2. The molecule has 2 aliphatic rings. The third kappa shape index (κ3) is 2.93. The predicted molar refractivity (Wildman–Crippen MR) is 100 cm³/mol. The zero-order valence-corrected chi connectivity index (χ0v) is 15.9. The Bertz CT molecular complexity index is 869. The summed E-state index contributed by atoms with van der Waals surface area (Å²) in [7, 11) is 0. The second kappa shape index (κ2) is 6.71. The second-order valence-electron chi connectivity index (χ2n) is 7.05. The topological polar surface area (TPSA) is 55.2 Å². The minimum absolute atomic E-state index is 0.103. The molecule has 0 N–H and O–H groups in total. The summed E-state index contributed by atoms with van der Waals surface area (Å²) in [5, 5.41) is 5.66. The molecule has 0 spiro atoms. The van der Waals surface area contributed by atoms with Crippen molar-refractivity contribution < 1.29 is 9.59 Å². The molecule has 26 heavy (non-hydrogen) atoms. The van der Waals surface area contributed by atoms with E-state index in [9.17, 15) is 9.59 Å². The fraction of sp³-hybridized carbons (Fsp3) is 0.421. The van der Waals surface area contributed by atoms with E-state index in [4.69, 9.17) is 23.2 Å². The molecule has 1 aromatic heterocycles. The van der Waals surface area contributed by atoms with Crippen molar-refractivity contribution in [1.29, 1.82) is 0 Å². The van der Waals surface area contributed by atoms with E-state index < -0.39 is 0 Å². The molecule has 1 aliphatic carbocycles. The van der Waals surface area contributed by atoms with Gasteiger partial charge in [-0.1, -0.05) is 42.1 Å². The summed E-state index contributed by atoms with van der Waals surface area (Å²) in [5.41, 5.74) is 1.74. The van der Waals surface area contributed by atoms with E-state index in [0.29, 0.717) is 22.4 Å². The highest BCUT2D eigenvalue weighted by Gasteiger charge is 2.49. The summed E-state index contributed by atoms with van der Waals surface area (Å²) in [5.74, 6) is -0.139. The minimum atomic E-state index is -0.174. The first-order valence-electron chi connectivity index (χ1n) is 8.82. The van der Waals surface area contributed by atoms with E-state index in [0.717, 1.165) is 36.9 Å². The maximum absolute atomic E-state index is 12.7. The number of aromatic nitrogens is 2. The van der Waals surface area contributed by atoms with Crippen LogP contribution in [0, 0.1) is 18.8 Å². The van der Waals surface area contributed by atoms with Gasteiger partial charge in [-0.2, -0.15) is 5.10 Å². The number of nitrogens with zero attached hydrogens (tertiary/aromatic N) is 3. The number of halogens is 2. The maximum Gasteiger partial charge on any atom is 0.238 e. The van der Waals surface area contributed by atoms with Crippen molar-refractivity contribution in [3.05, 3.63) is 45.6 Å². The van der Waals surface area contributed by atoms with Gasteiger partial charge in [0.05, 0.1) is 18.4 Å². The molecule has 1 saturated carbocycles. The molecular weight excluding hydrogens is 373 g/mol. The van der Waals surface area contributed by atoms with Gasteiger partial charge in [-0.05, 0) is 37.5 Å². The van der Waals surface area contributed by atoms with Gasteiger partial charge in [0.25, 0.3) is 0 Å². The van der Waals surface area contributed by atoms with Crippen LogP contribution in [0.25, 0.3) is 0 Å². The smallest absolute Gasteiger partial charge is 0.238 e. The SMILES string of the molecule is Cc1cc(N2C(=O)C3CCCCC3C2=O)nn1Cc1ccc(Cl)cc1Cl. The lowest BCUT2D eigenvalue weighted by Crippen LogP contribution is -2.31. The molecule has 2 amide bonds. The molecular formula is C19H19Cl2N3O2. The van der Waals surface area contributed by atoms with Crippen LogP contribution < -0.4 is 4.90 Å². The Kier molecular flexibility index (Phi) is 4.53. The van der Waals surface area contributed by atoms with Gasteiger partial charge in [0.2, 0.25) is 11.8 Å². The largest absolute Gasteiger partial charge is 0.274 e. The number of anilines is 1. The molecule has 1 aliphatic heterocycles. The number of imide groups is 1. The number of hydrogen-bond donors (Lipinski definition) is 0. The highest BCUT2D eigenvalue weighted by atomic mass is 35.5. The summed E-state index contributed by atoms with van der Waals surface area (Å²) in [4.78, 5) is 26.8. The standard InChI is InChI=1S/C19H19Cl2N3O2/c1-11-8-17(22-23(11)10-12-6-7-13(20)9-16(12)21)24-18(25)14-4-2-3-5-15(14)19(24)26/h6-9,14-15H,2-5,10H2,1H3. The molecule has 136 valence electrons. The van der Waals surface area contributed by atoms with Gasteiger partial charge >= 0.3 is 0 Å². The van der Waals surface area contributed by atoms with E-state index in [-0.39, 0.29) is 23.7 Å². The average Bonchev–Trinajstić information content (AvgIpc) is 3.09. The molecule has 0 radical (unpaired) electrons. The van der Waals surface area contributed by atoms with Crippen molar-refractivity contribution in [2.45, 2.75) is 39.2 Å². The molecule has 0 bridgehead atoms. The van der Waals surface area contributed by atoms with Gasteiger partial charge in [-0.3, -0.25) is 14.3 Å². The molecule has 2 atom stereocenters. The molecule has 2 fully saturated rings. The van der Waals surface area contributed by atoms with Gasteiger partial charge in [0.1, 0.15) is 0 Å². The third-order valence-electron chi connectivity index (χ3n) is 5.37. The lowest BCUT2D eigenvalue weighted by molar-refractivity contribution is -0.122. The number of amides is 2. The van der Waals surface area contributed by atoms with Crippen LogP contribution in [0.3, 0.4) is 0 Å². The number of hydrogen-bond acceptors (Lipinski definition) is 3. The predicted octanol–water partition coefficient (Wildman–Crippen LogP) is 4.23. The fourth-order valence-corrected chi connectivity index (χ4v) is 4.43. The van der Waals surface area contributed by atoms with Crippen LogP contribution in [0.5, 0.6) is 0 Å². The van der Waals surface area contributed by atoms with Crippen LogP contribution >= 0.6 is 23.2 Å². The zero-order chi connectivity index (χ0) is 18.4. The van der Waals surface area contributed by atoms with Crippen molar-refractivity contribution in [3.8, 4) is 0 Å². The van der Waals surface area contributed by atoms with Gasteiger partial charge in [-0.25, -0.2) is 4.90 Å². The highest BCUT2D eigenvalue weighted by Crippen LogP contribution is 2.39. The number of carbonyl (C=O) groups excluding carboxylic acids is 2. The van der Waals surface area contributed by atoms with Crippen LogP contribution in [0.4, 0.5) is 5.82 Å². The Hall–Kier alpha value is -1.85. The van der Waals surface area contributed by atoms with Crippen molar-refractivity contribution in [3.63, 3.8) is 0 Å². The first-order chi connectivity index (χ1) is 12.5. The summed E-state index contributed by atoms with van der Waals surface area (Å²) in [6.45, 7) is 2.35. The van der Waals surface area contributed by atoms with Crippen molar-refractivity contribution in [2.24, 2.45) is 11.8 Å². The van der Waals surface area contributed by atoms with Gasteiger partial charge in [0, 0.05) is 21.8 Å². The minimum Gasteiger partial charge on any atom is -0.274 e. The van der Waals surface area contributed by atoms with E-state index in [1.807, 2.05) is 13.0 Å². The molecule has 2 aromatic rings. The molecule has 1 aromatic carbocycles. The second-order valence-corrected chi connectivity index (χ2v) is 7.89. The van der Waals surface area contributed by atoms with Crippen LogP contribution in [0.1, 0.15) is 36.9 Å². The number of benzene rings is 1. The Balaban J connectivity index is 1.62. The summed E-state index contributed by atoms with van der Waals surface area (Å²) in [6, 6.07) is 7.11. The van der Waals surface area contributed by atoms with Crippen molar-refractivity contribution in [2.75, 3.05) is 4.90 Å². The quantitative estimate of drug-likeness (QED) is 0.735. The summed E-state index contributed by atoms with van der Waals surface area (Å²) in [6.07, 6.45) is 3.62. The van der Waals surface area contributed by atoms with Crippen LogP contribution in [-0.2, 0) is 16.1 Å². The lowest BCUT2D eigenvalue weighted by atomic mass is 9.81. The fourth-order valence-electron chi connectivity index (χ4n) is 3.96. The lowest BCUT2D eigenvalue weighted by Gasteiger charge is -2.19. The average molecular weight is 392 g/mol. The summed E-state index contributed by atoms with van der Waals surface area (Å²) >= 11 is 12.2. The monoisotopic (exact) mass is 391 g/mol. The van der Waals surface area contributed by atoms with Crippen molar-refractivity contribution >= 4 is 40.8 Å². The van der Waals surface area contributed by atoms with E-state index >= 15 is 0 Å². The highest BCUT2D eigenvalue weighted by molar-refractivity contribution is 6.35. The third-order valence-corrected chi connectivity index (χ3v) is 5.96. The Morgan fingerprint density at radius 2 is 1.73 bits per heavy atom. The van der Waals surface area contributed by atoms with Crippen molar-refractivity contribution in [1.82, 2.24) is 9.78 Å². The Morgan fingerprint density at radius 1 is 1.08 bits per heavy atom. The van der Waals surface area contributed by atoms with E-state index in [2.05, 4.69) is 5.10 Å². The van der Waals surface area contributed by atoms with Crippen LogP contribution in [0.15, 0.2) is 24.3 Å². The molecule has 2 unspecified atom stereocenters. The first-order valence-corrected chi connectivity index (χ1v) is 9.57. The molecule has 2 heterocycles. The molecule has 5 nitrogen and oxygen atoms in total. The van der Waals surface area contributed by atoms with Gasteiger partial charge < -0.3 is 0 Å². The Morgan fingerprint density at radius 3 is 2.35 bits per heavy atom. The number of aryl methyl sites for hydroxylation is 1. The van der Waals surface area contributed by atoms with Gasteiger partial charge in [0.15, 0.2) is 5.82 Å². The molecule has 7 heteroatoms. The number of rotatable bonds is 3. The maximum atomic E-state index is 12.7. The van der Waals surface area contributed by atoms with Crippen LogP contribution in [0.2, 0.25) is 10.0 Å². The van der Waals surface area contributed by atoms with E-state index in [1.165, 1.54) is 4.90 Å². The molecule has 4 rings (SSSR count). The molecule has 1 saturated heterocycles. The normalized spacial score (nSPS) is 22.8. The number of fused-ring (bicyclic) bond motifs is 1. The van der Waals surface area contributed by atoms with Gasteiger partial charge in [-0.15, -0.1) is 0 Å². The summed E-state index contributed by atoms with van der Waals surface area (Å²) < 4.78 is 1.76. The Labute approximate surface area is 161 Å². The first kappa shape index (κ1) is 17.6. The zero-order valence-electron chi connectivity index (χ0n) is 14.4. The van der Waals surface area contributed by atoms with Crippen LogP contribution in [-0.4, -0.2) is 21.6 Å². The van der Waals surface area contributed by atoms with E-state index in [1.54, 1.807) is 22.9 Å².